The average Bonchev–Trinajstić information content (AvgIpc) is 3.25. The predicted molar refractivity (Wildman–Crippen MR) is 95.2 cm³/mol. The van der Waals surface area contributed by atoms with Crippen LogP contribution in [0.15, 0.2) is 18.2 Å². The molecule has 2 nitrogen and oxygen atoms in total. The second kappa shape index (κ2) is 4.78. The van der Waals surface area contributed by atoms with Gasteiger partial charge in [-0.1, -0.05) is 26.3 Å². The van der Waals surface area contributed by atoms with E-state index in [0.717, 1.165) is 29.9 Å². The fourth-order valence-corrected chi connectivity index (χ4v) is 7.52. The van der Waals surface area contributed by atoms with Gasteiger partial charge in [0.15, 0.2) is 0 Å². The van der Waals surface area contributed by atoms with Crippen molar-refractivity contribution < 1.29 is 9.84 Å². The summed E-state index contributed by atoms with van der Waals surface area (Å²) >= 11 is 0. The van der Waals surface area contributed by atoms with Gasteiger partial charge in [0, 0.05) is 0 Å². The lowest BCUT2D eigenvalue weighted by Gasteiger charge is -2.55. The number of rotatable bonds is 2. The van der Waals surface area contributed by atoms with Gasteiger partial charge in [0.25, 0.3) is 0 Å². The van der Waals surface area contributed by atoms with Gasteiger partial charge in [-0.05, 0) is 89.9 Å². The third-order valence-electron chi connectivity index (χ3n) is 8.73. The molecular formula is C22H30O2. The van der Waals surface area contributed by atoms with Gasteiger partial charge >= 0.3 is 0 Å². The molecule has 1 aromatic carbocycles. The zero-order valence-electron chi connectivity index (χ0n) is 15.2. The quantitative estimate of drug-likeness (QED) is 0.864. The molecule has 3 saturated carbocycles. The molecule has 1 aromatic rings. The molecule has 0 amide bonds. The fraction of sp³-hybridized carbons (Fsp3) is 0.727. The van der Waals surface area contributed by atoms with Crippen LogP contribution in [0.5, 0.6) is 5.75 Å². The highest BCUT2D eigenvalue weighted by Crippen LogP contribution is 2.82. The largest absolute Gasteiger partial charge is 0.497 e. The van der Waals surface area contributed by atoms with Gasteiger partial charge in [-0.3, -0.25) is 0 Å². The van der Waals surface area contributed by atoms with E-state index in [9.17, 15) is 5.11 Å². The van der Waals surface area contributed by atoms with Crippen LogP contribution in [-0.4, -0.2) is 18.3 Å². The van der Waals surface area contributed by atoms with Crippen molar-refractivity contribution in [2.24, 2.45) is 28.6 Å². The summed E-state index contributed by atoms with van der Waals surface area (Å²) in [5, 5.41) is 10.8. The second-order valence-corrected chi connectivity index (χ2v) is 9.22. The minimum absolute atomic E-state index is 0.0630. The lowest BCUT2D eigenvalue weighted by Crippen LogP contribution is -2.50. The number of methoxy groups -OCH3 is 1. The van der Waals surface area contributed by atoms with Crippen molar-refractivity contribution in [1.29, 1.82) is 0 Å². The Morgan fingerprint density at radius 1 is 1.33 bits per heavy atom. The Morgan fingerprint density at radius 3 is 2.92 bits per heavy atom. The van der Waals surface area contributed by atoms with E-state index >= 15 is 0 Å². The molecule has 4 aliphatic carbocycles. The molecule has 0 unspecified atom stereocenters. The van der Waals surface area contributed by atoms with E-state index in [-0.39, 0.29) is 11.5 Å². The average molecular weight is 326 g/mol. The molecule has 7 atom stereocenters. The van der Waals surface area contributed by atoms with Crippen molar-refractivity contribution in [2.45, 2.75) is 64.4 Å². The van der Waals surface area contributed by atoms with Gasteiger partial charge in [-0.2, -0.15) is 0 Å². The second-order valence-electron chi connectivity index (χ2n) is 9.22. The highest BCUT2D eigenvalue weighted by atomic mass is 16.5. The van der Waals surface area contributed by atoms with Crippen molar-refractivity contribution in [3.63, 3.8) is 0 Å². The van der Waals surface area contributed by atoms with Gasteiger partial charge in [0.2, 0.25) is 0 Å². The Bertz CT molecular complexity index is 683. The van der Waals surface area contributed by atoms with Gasteiger partial charge < -0.3 is 9.84 Å². The summed E-state index contributed by atoms with van der Waals surface area (Å²) < 4.78 is 5.48. The van der Waals surface area contributed by atoms with E-state index in [1.165, 1.54) is 37.7 Å². The Morgan fingerprint density at radius 2 is 2.17 bits per heavy atom. The molecule has 0 saturated heterocycles. The first-order valence-corrected chi connectivity index (χ1v) is 9.90. The Kier molecular flexibility index (Phi) is 3.04. The lowest BCUT2D eigenvalue weighted by atomic mass is 9.49. The van der Waals surface area contributed by atoms with Crippen LogP contribution in [0.3, 0.4) is 0 Å². The van der Waals surface area contributed by atoms with Crippen LogP contribution >= 0.6 is 0 Å². The van der Waals surface area contributed by atoms with Crippen molar-refractivity contribution >= 4 is 0 Å². The van der Waals surface area contributed by atoms with Gasteiger partial charge in [-0.15, -0.1) is 0 Å². The molecule has 0 aliphatic heterocycles. The van der Waals surface area contributed by atoms with Crippen molar-refractivity contribution in [1.82, 2.24) is 0 Å². The SMILES string of the molecule is CC[C@@H]1Cc2cc(OC)ccc2[C@H]2CC[C@]3(C)[C@@H](O)C[C@@H]4C[C@]43[C@H]12. The Hall–Kier alpha value is -1.02. The highest BCUT2D eigenvalue weighted by molar-refractivity contribution is 5.43. The predicted octanol–water partition coefficient (Wildman–Crippen LogP) is 4.55. The molecule has 1 spiro atoms. The van der Waals surface area contributed by atoms with Crippen molar-refractivity contribution in [3.05, 3.63) is 29.3 Å². The molecular weight excluding hydrogens is 296 g/mol. The summed E-state index contributed by atoms with van der Waals surface area (Å²) in [6.07, 6.45) is 7.29. The number of hydrogen-bond donors (Lipinski definition) is 1. The first-order valence-electron chi connectivity index (χ1n) is 9.90. The maximum absolute atomic E-state index is 10.8. The van der Waals surface area contributed by atoms with Gasteiger partial charge in [-0.25, -0.2) is 0 Å². The summed E-state index contributed by atoms with van der Waals surface area (Å²) in [5.74, 6) is 4.04. The summed E-state index contributed by atoms with van der Waals surface area (Å²) in [5.41, 5.74) is 3.73. The molecule has 5 rings (SSSR count). The smallest absolute Gasteiger partial charge is 0.119 e. The van der Waals surface area contributed by atoms with E-state index in [4.69, 9.17) is 4.74 Å². The van der Waals surface area contributed by atoms with Crippen molar-refractivity contribution in [2.75, 3.05) is 7.11 Å². The highest BCUT2D eigenvalue weighted by Gasteiger charge is 2.77. The molecule has 130 valence electrons. The number of fused-ring (bicyclic) bond motifs is 3. The number of aliphatic hydroxyl groups is 1. The van der Waals surface area contributed by atoms with E-state index in [2.05, 4.69) is 32.0 Å². The minimum atomic E-state index is -0.0630. The third kappa shape index (κ3) is 1.62. The zero-order valence-corrected chi connectivity index (χ0v) is 15.2. The van der Waals surface area contributed by atoms with Crippen LogP contribution in [0.4, 0.5) is 0 Å². The maximum Gasteiger partial charge on any atom is 0.119 e. The van der Waals surface area contributed by atoms with Crippen LogP contribution in [0.2, 0.25) is 0 Å². The zero-order chi connectivity index (χ0) is 16.7. The number of benzene rings is 1. The first-order chi connectivity index (χ1) is 11.5. The molecule has 0 aromatic heterocycles. The summed E-state index contributed by atoms with van der Waals surface area (Å²) in [7, 11) is 1.77. The monoisotopic (exact) mass is 326 g/mol. The van der Waals surface area contributed by atoms with Crippen LogP contribution in [0.25, 0.3) is 0 Å². The van der Waals surface area contributed by atoms with E-state index < -0.39 is 0 Å². The summed E-state index contributed by atoms with van der Waals surface area (Å²) in [6, 6.07) is 6.79. The number of ether oxygens (including phenoxy) is 1. The molecule has 24 heavy (non-hydrogen) atoms. The third-order valence-corrected chi connectivity index (χ3v) is 8.73. The van der Waals surface area contributed by atoms with Crippen LogP contribution in [0, 0.1) is 28.6 Å². The minimum Gasteiger partial charge on any atom is -0.497 e. The lowest BCUT2D eigenvalue weighted by molar-refractivity contribution is -0.0716. The van der Waals surface area contributed by atoms with E-state index in [1.54, 1.807) is 12.7 Å². The normalized spacial score (nSPS) is 48.1. The molecule has 4 aliphatic rings. The fourth-order valence-electron chi connectivity index (χ4n) is 7.52. The van der Waals surface area contributed by atoms with Gasteiger partial charge in [0.1, 0.15) is 5.75 Å². The number of hydrogen-bond acceptors (Lipinski definition) is 2. The molecule has 0 radical (unpaired) electrons. The van der Waals surface area contributed by atoms with E-state index in [1.807, 2.05) is 0 Å². The standard InChI is InChI=1S/C22H30O2/c1-4-13-9-14-10-16(24-3)5-6-17(14)18-7-8-21(2)19(23)11-15-12-22(15,21)20(13)18/h5-6,10,13,15,18-20,23H,4,7-9,11-12H2,1-3H3/t13-,15-,18-,19+,20-,21-,22-/m1/s1. The molecule has 3 fully saturated rings. The van der Waals surface area contributed by atoms with Crippen LogP contribution < -0.4 is 4.74 Å². The Labute approximate surface area is 145 Å². The summed E-state index contributed by atoms with van der Waals surface area (Å²) in [6.45, 7) is 4.79. The molecule has 0 heterocycles. The van der Waals surface area contributed by atoms with Crippen LogP contribution in [0.1, 0.15) is 63.0 Å². The maximum atomic E-state index is 10.8. The van der Waals surface area contributed by atoms with E-state index in [0.29, 0.717) is 11.3 Å². The van der Waals surface area contributed by atoms with Crippen LogP contribution in [-0.2, 0) is 6.42 Å². The van der Waals surface area contributed by atoms with Crippen molar-refractivity contribution in [3.8, 4) is 5.75 Å². The summed E-state index contributed by atoms with van der Waals surface area (Å²) in [4.78, 5) is 0. The molecule has 1 N–H and O–H groups in total. The number of aliphatic hydroxyl groups excluding tert-OH is 1. The Balaban J connectivity index is 1.62. The first kappa shape index (κ1) is 15.3. The topological polar surface area (TPSA) is 29.5 Å². The molecule has 2 heteroatoms. The van der Waals surface area contributed by atoms with Gasteiger partial charge in [0.05, 0.1) is 13.2 Å². The molecule has 0 bridgehead atoms.